The SMILES string of the molecule is CN(CC(=O)Nc1cccc(S(=O)(=O)N(C)C)c1)Cc1ccc(C(C)(C)C)cc1. The first-order valence-corrected chi connectivity index (χ1v) is 10.9. The van der Waals surface area contributed by atoms with Gasteiger partial charge in [0.05, 0.1) is 11.4 Å². The zero-order valence-corrected chi connectivity index (χ0v) is 18.9. The molecule has 29 heavy (non-hydrogen) atoms. The molecule has 7 heteroatoms. The minimum Gasteiger partial charge on any atom is -0.325 e. The Hall–Kier alpha value is -2.22. The summed E-state index contributed by atoms with van der Waals surface area (Å²) >= 11 is 0. The van der Waals surface area contributed by atoms with Crippen molar-refractivity contribution in [2.45, 2.75) is 37.6 Å². The summed E-state index contributed by atoms with van der Waals surface area (Å²) < 4.78 is 25.6. The molecule has 0 saturated carbocycles. The summed E-state index contributed by atoms with van der Waals surface area (Å²) in [4.78, 5) is 14.4. The van der Waals surface area contributed by atoms with Crippen LogP contribution in [0.2, 0.25) is 0 Å². The number of nitrogens with zero attached hydrogens (tertiary/aromatic N) is 2. The van der Waals surface area contributed by atoms with E-state index in [0.717, 1.165) is 9.87 Å². The van der Waals surface area contributed by atoms with Gasteiger partial charge in [-0.2, -0.15) is 0 Å². The standard InChI is InChI=1S/C22H31N3O3S/c1-22(2,3)18-12-10-17(11-13-18)15-25(6)16-21(26)23-19-8-7-9-20(14-19)29(27,28)24(4)5/h7-14H,15-16H2,1-6H3,(H,23,26). The van der Waals surface area contributed by atoms with E-state index in [9.17, 15) is 13.2 Å². The van der Waals surface area contributed by atoms with Gasteiger partial charge in [0.2, 0.25) is 15.9 Å². The highest BCUT2D eigenvalue weighted by atomic mass is 32.2. The second-order valence-electron chi connectivity index (χ2n) is 8.48. The minimum absolute atomic E-state index is 0.110. The van der Waals surface area contributed by atoms with E-state index in [1.54, 1.807) is 12.1 Å². The van der Waals surface area contributed by atoms with E-state index < -0.39 is 10.0 Å². The molecule has 1 amide bonds. The van der Waals surface area contributed by atoms with Gasteiger partial charge in [-0.25, -0.2) is 12.7 Å². The van der Waals surface area contributed by atoms with Crippen LogP contribution in [0.15, 0.2) is 53.4 Å². The van der Waals surface area contributed by atoms with Crippen molar-refractivity contribution in [3.05, 3.63) is 59.7 Å². The van der Waals surface area contributed by atoms with Crippen molar-refractivity contribution in [1.82, 2.24) is 9.21 Å². The van der Waals surface area contributed by atoms with Crippen molar-refractivity contribution in [1.29, 1.82) is 0 Å². The second-order valence-corrected chi connectivity index (χ2v) is 10.6. The molecule has 2 rings (SSSR count). The largest absolute Gasteiger partial charge is 0.325 e. The number of carbonyl (C=O) groups excluding carboxylic acids is 1. The van der Waals surface area contributed by atoms with Gasteiger partial charge in [-0.05, 0) is 41.8 Å². The zero-order chi connectivity index (χ0) is 21.8. The molecule has 0 atom stereocenters. The Balaban J connectivity index is 1.97. The summed E-state index contributed by atoms with van der Waals surface area (Å²) in [6.07, 6.45) is 0. The molecular formula is C22H31N3O3S. The van der Waals surface area contributed by atoms with Gasteiger partial charge < -0.3 is 5.32 Å². The normalized spacial score (nSPS) is 12.4. The van der Waals surface area contributed by atoms with Gasteiger partial charge in [0, 0.05) is 26.3 Å². The lowest BCUT2D eigenvalue weighted by Gasteiger charge is -2.20. The van der Waals surface area contributed by atoms with Gasteiger partial charge in [-0.3, -0.25) is 9.69 Å². The fourth-order valence-corrected chi connectivity index (χ4v) is 3.82. The van der Waals surface area contributed by atoms with E-state index in [-0.39, 0.29) is 22.8 Å². The van der Waals surface area contributed by atoms with Crippen molar-refractivity contribution < 1.29 is 13.2 Å². The fourth-order valence-electron chi connectivity index (χ4n) is 2.87. The smallest absolute Gasteiger partial charge is 0.242 e. The second kappa shape index (κ2) is 9.07. The van der Waals surface area contributed by atoms with Crippen molar-refractivity contribution >= 4 is 21.6 Å². The number of anilines is 1. The first-order valence-electron chi connectivity index (χ1n) is 9.50. The Bertz CT molecular complexity index is 946. The quantitative estimate of drug-likeness (QED) is 0.750. The predicted molar refractivity (Wildman–Crippen MR) is 117 cm³/mol. The van der Waals surface area contributed by atoms with Gasteiger partial charge in [-0.1, -0.05) is 51.1 Å². The number of rotatable bonds is 7. The molecule has 0 unspecified atom stereocenters. The van der Waals surface area contributed by atoms with Crippen LogP contribution in [0, 0.1) is 0 Å². The van der Waals surface area contributed by atoms with Gasteiger partial charge >= 0.3 is 0 Å². The minimum atomic E-state index is -3.54. The number of carbonyl (C=O) groups is 1. The molecule has 158 valence electrons. The molecule has 0 saturated heterocycles. The van der Waals surface area contributed by atoms with E-state index in [1.807, 2.05) is 11.9 Å². The van der Waals surface area contributed by atoms with Gasteiger partial charge in [0.1, 0.15) is 0 Å². The van der Waals surface area contributed by atoms with Crippen LogP contribution >= 0.6 is 0 Å². The van der Waals surface area contributed by atoms with Crippen LogP contribution in [0.3, 0.4) is 0 Å². The summed E-state index contributed by atoms with van der Waals surface area (Å²) in [6.45, 7) is 7.38. The van der Waals surface area contributed by atoms with Crippen LogP contribution in [-0.4, -0.2) is 51.2 Å². The average Bonchev–Trinajstić information content (AvgIpc) is 2.61. The lowest BCUT2D eigenvalue weighted by Crippen LogP contribution is -2.30. The molecular weight excluding hydrogens is 386 g/mol. The Morgan fingerprint density at radius 3 is 2.17 bits per heavy atom. The van der Waals surface area contributed by atoms with Crippen LogP contribution in [0.5, 0.6) is 0 Å². The van der Waals surface area contributed by atoms with Crippen LogP contribution in [0.1, 0.15) is 31.9 Å². The van der Waals surface area contributed by atoms with Crippen LogP contribution in [-0.2, 0) is 26.8 Å². The first kappa shape index (κ1) is 23.1. The van der Waals surface area contributed by atoms with E-state index >= 15 is 0 Å². The lowest BCUT2D eigenvalue weighted by atomic mass is 9.87. The molecule has 0 fully saturated rings. The maximum atomic E-state index is 12.4. The molecule has 0 radical (unpaired) electrons. The highest BCUT2D eigenvalue weighted by Crippen LogP contribution is 2.22. The topological polar surface area (TPSA) is 69.7 Å². The third-order valence-corrected chi connectivity index (χ3v) is 6.39. The number of benzene rings is 2. The summed E-state index contributed by atoms with van der Waals surface area (Å²) in [5.41, 5.74) is 2.97. The molecule has 6 nitrogen and oxygen atoms in total. The molecule has 0 aliphatic heterocycles. The molecule has 0 bridgehead atoms. The van der Waals surface area contributed by atoms with Gasteiger partial charge in [0.25, 0.3) is 0 Å². The number of likely N-dealkylation sites (N-methyl/N-ethyl adjacent to an activating group) is 1. The Morgan fingerprint density at radius 1 is 1.00 bits per heavy atom. The monoisotopic (exact) mass is 417 g/mol. The molecule has 1 N–H and O–H groups in total. The number of sulfonamides is 1. The molecule has 0 aliphatic carbocycles. The van der Waals surface area contributed by atoms with Crippen molar-refractivity contribution in [3.63, 3.8) is 0 Å². The van der Waals surface area contributed by atoms with E-state index in [0.29, 0.717) is 12.2 Å². The molecule has 0 aromatic heterocycles. The number of nitrogens with one attached hydrogen (secondary N) is 1. The number of hydrogen-bond acceptors (Lipinski definition) is 4. The molecule has 2 aromatic carbocycles. The van der Waals surface area contributed by atoms with Crippen LogP contribution in [0.25, 0.3) is 0 Å². The molecule has 2 aromatic rings. The predicted octanol–water partition coefficient (Wildman–Crippen LogP) is 3.30. The third kappa shape index (κ3) is 6.39. The average molecular weight is 418 g/mol. The summed E-state index contributed by atoms with van der Waals surface area (Å²) in [7, 11) is 1.29. The number of hydrogen-bond donors (Lipinski definition) is 1. The zero-order valence-electron chi connectivity index (χ0n) is 18.1. The highest BCUT2D eigenvalue weighted by molar-refractivity contribution is 7.89. The Labute approximate surface area is 174 Å². The van der Waals surface area contributed by atoms with E-state index in [1.165, 1.54) is 31.8 Å². The maximum absolute atomic E-state index is 12.4. The summed E-state index contributed by atoms with van der Waals surface area (Å²) in [5.74, 6) is -0.196. The van der Waals surface area contributed by atoms with Crippen molar-refractivity contribution in [2.24, 2.45) is 0 Å². The molecule has 0 aliphatic rings. The summed E-state index contributed by atoms with van der Waals surface area (Å²) in [6, 6.07) is 14.7. The van der Waals surface area contributed by atoms with Gasteiger partial charge in [0.15, 0.2) is 0 Å². The molecule has 0 heterocycles. The summed E-state index contributed by atoms with van der Waals surface area (Å²) in [5, 5.41) is 2.78. The third-order valence-electron chi connectivity index (χ3n) is 4.58. The lowest BCUT2D eigenvalue weighted by molar-refractivity contribution is -0.117. The highest BCUT2D eigenvalue weighted by Gasteiger charge is 2.18. The van der Waals surface area contributed by atoms with E-state index in [4.69, 9.17) is 0 Å². The van der Waals surface area contributed by atoms with Crippen molar-refractivity contribution in [3.8, 4) is 0 Å². The Kier molecular flexibility index (Phi) is 7.21. The van der Waals surface area contributed by atoms with E-state index in [2.05, 4.69) is 50.4 Å². The fraction of sp³-hybridized carbons (Fsp3) is 0.409. The maximum Gasteiger partial charge on any atom is 0.242 e. The van der Waals surface area contributed by atoms with Crippen molar-refractivity contribution in [2.75, 3.05) is 33.0 Å². The van der Waals surface area contributed by atoms with Crippen LogP contribution in [0.4, 0.5) is 5.69 Å². The first-order chi connectivity index (χ1) is 13.4. The number of amides is 1. The Morgan fingerprint density at radius 2 is 1.62 bits per heavy atom. The van der Waals surface area contributed by atoms with Crippen LogP contribution < -0.4 is 5.32 Å². The van der Waals surface area contributed by atoms with Gasteiger partial charge in [-0.15, -0.1) is 0 Å². The molecule has 0 spiro atoms.